The molecule has 1 unspecified atom stereocenters. The molecule has 5 nitrogen and oxygen atoms in total. The molecule has 0 spiro atoms. The van der Waals surface area contributed by atoms with Crippen LogP contribution in [0.5, 0.6) is 11.5 Å². The molecule has 1 atom stereocenters. The number of rotatable bonds is 6. The lowest BCUT2D eigenvalue weighted by molar-refractivity contribution is -0.135. The Balaban J connectivity index is 1.55. The van der Waals surface area contributed by atoms with Crippen LogP contribution >= 0.6 is 0 Å². The zero-order chi connectivity index (χ0) is 17.9. The van der Waals surface area contributed by atoms with Crippen LogP contribution in [0.4, 0.5) is 5.69 Å². The van der Waals surface area contributed by atoms with Crippen molar-refractivity contribution in [3.63, 3.8) is 0 Å². The van der Waals surface area contributed by atoms with Gasteiger partial charge in [0.1, 0.15) is 18.1 Å². The van der Waals surface area contributed by atoms with Gasteiger partial charge in [-0.3, -0.25) is 9.69 Å². The molecule has 1 aliphatic heterocycles. The van der Waals surface area contributed by atoms with Crippen molar-refractivity contribution in [2.75, 3.05) is 25.0 Å². The molecular formula is C20H24N2O3. The van der Waals surface area contributed by atoms with E-state index < -0.39 is 5.54 Å². The predicted octanol–water partition coefficient (Wildman–Crippen LogP) is 3.18. The van der Waals surface area contributed by atoms with Gasteiger partial charge in [0.15, 0.2) is 0 Å². The number of aryl methyl sites for hydroxylation is 1. The van der Waals surface area contributed by atoms with Gasteiger partial charge in [-0.25, -0.2) is 0 Å². The van der Waals surface area contributed by atoms with Gasteiger partial charge in [-0.15, -0.1) is 0 Å². The SMILES string of the molecule is Cc1ccc(NC(=O)C2(C)CCN2CCOc2ccccc2)cc1O. The molecule has 0 aromatic heterocycles. The van der Waals surface area contributed by atoms with Crippen molar-refractivity contribution in [3.05, 3.63) is 54.1 Å². The van der Waals surface area contributed by atoms with Crippen LogP contribution < -0.4 is 10.1 Å². The molecular weight excluding hydrogens is 316 g/mol. The van der Waals surface area contributed by atoms with E-state index in [-0.39, 0.29) is 11.7 Å². The fraction of sp³-hybridized carbons (Fsp3) is 0.350. The molecule has 1 aliphatic rings. The Kier molecular flexibility index (Phi) is 4.95. The number of aromatic hydroxyl groups is 1. The average Bonchev–Trinajstić information content (AvgIpc) is 2.61. The molecule has 1 heterocycles. The van der Waals surface area contributed by atoms with E-state index in [1.54, 1.807) is 18.2 Å². The molecule has 2 N–H and O–H groups in total. The van der Waals surface area contributed by atoms with Gasteiger partial charge in [0.25, 0.3) is 0 Å². The van der Waals surface area contributed by atoms with Crippen molar-refractivity contribution >= 4 is 11.6 Å². The molecule has 5 heteroatoms. The molecule has 1 saturated heterocycles. The lowest BCUT2D eigenvalue weighted by Gasteiger charge is -2.49. The number of phenols is 1. The number of carbonyl (C=O) groups is 1. The third-order valence-corrected chi connectivity index (χ3v) is 4.90. The smallest absolute Gasteiger partial charge is 0.244 e. The Morgan fingerprint density at radius 1 is 1.28 bits per heavy atom. The van der Waals surface area contributed by atoms with E-state index in [0.717, 1.165) is 24.3 Å². The van der Waals surface area contributed by atoms with Crippen LogP contribution in [0, 0.1) is 6.92 Å². The van der Waals surface area contributed by atoms with Crippen molar-refractivity contribution in [2.45, 2.75) is 25.8 Å². The van der Waals surface area contributed by atoms with Gasteiger partial charge in [0.05, 0.1) is 5.54 Å². The minimum atomic E-state index is -0.541. The summed E-state index contributed by atoms with van der Waals surface area (Å²) >= 11 is 0. The van der Waals surface area contributed by atoms with E-state index in [9.17, 15) is 9.90 Å². The summed E-state index contributed by atoms with van der Waals surface area (Å²) in [5, 5.41) is 12.7. The topological polar surface area (TPSA) is 61.8 Å². The van der Waals surface area contributed by atoms with Gasteiger partial charge in [0, 0.05) is 24.8 Å². The van der Waals surface area contributed by atoms with Crippen LogP contribution in [0.25, 0.3) is 0 Å². The molecule has 2 aromatic carbocycles. The summed E-state index contributed by atoms with van der Waals surface area (Å²) in [6.45, 7) is 5.88. The van der Waals surface area contributed by atoms with Crippen LogP contribution in [0.15, 0.2) is 48.5 Å². The summed E-state index contributed by atoms with van der Waals surface area (Å²) in [4.78, 5) is 14.8. The van der Waals surface area contributed by atoms with Crippen LogP contribution in [-0.4, -0.2) is 41.1 Å². The lowest BCUT2D eigenvalue weighted by atomic mass is 9.85. The highest BCUT2D eigenvalue weighted by Crippen LogP contribution is 2.32. The number of carbonyl (C=O) groups excluding carboxylic acids is 1. The Hall–Kier alpha value is -2.53. The van der Waals surface area contributed by atoms with E-state index in [1.807, 2.05) is 44.2 Å². The van der Waals surface area contributed by atoms with E-state index in [4.69, 9.17) is 4.74 Å². The van der Waals surface area contributed by atoms with Crippen molar-refractivity contribution in [1.29, 1.82) is 0 Å². The first-order valence-electron chi connectivity index (χ1n) is 8.53. The third kappa shape index (κ3) is 3.77. The Morgan fingerprint density at radius 2 is 2.04 bits per heavy atom. The first-order valence-corrected chi connectivity index (χ1v) is 8.53. The summed E-state index contributed by atoms with van der Waals surface area (Å²) in [7, 11) is 0. The number of nitrogens with zero attached hydrogens (tertiary/aromatic N) is 1. The summed E-state index contributed by atoms with van der Waals surface area (Å²) < 4.78 is 5.73. The van der Waals surface area contributed by atoms with Crippen LogP contribution in [-0.2, 0) is 4.79 Å². The van der Waals surface area contributed by atoms with E-state index in [1.165, 1.54) is 0 Å². The highest BCUT2D eigenvalue weighted by molar-refractivity contribution is 5.98. The average molecular weight is 340 g/mol. The highest BCUT2D eigenvalue weighted by atomic mass is 16.5. The van der Waals surface area contributed by atoms with Crippen molar-refractivity contribution in [1.82, 2.24) is 4.90 Å². The van der Waals surface area contributed by atoms with Gasteiger partial charge >= 0.3 is 0 Å². The number of hydrogen-bond acceptors (Lipinski definition) is 4. The maximum atomic E-state index is 12.7. The number of hydrogen-bond donors (Lipinski definition) is 2. The Bertz CT molecular complexity index is 748. The van der Waals surface area contributed by atoms with Crippen LogP contribution in [0.3, 0.4) is 0 Å². The molecule has 2 aromatic rings. The number of ether oxygens (including phenoxy) is 1. The molecule has 0 bridgehead atoms. The predicted molar refractivity (Wildman–Crippen MR) is 98.0 cm³/mol. The minimum absolute atomic E-state index is 0.0540. The molecule has 1 fully saturated rings. The fourth-order valence-corrected chi connectivity index (χ4v) is 2.96. The standard InChI is InChI=1S/C20H24N2O3/c1-15-8-9-16(14-18(15)23)21-19(24)20(2)10-11-22(20)12-13-25-17-6-4-3-5-7-17/h3-9,14,23H,10-13H2,1-2H3,(H,21,24). The van der Waals surface area contributed by atoms with E-state index in [2.05, 4.69) is 10.2 Å². The second kappa shape index (κ2) is 7.15. The molecule has 132 valence electrons. The minimum Gasteiger partial charge on any atom is -0.508 e. The summed E-state index contributed by atoms with van der Waals surface area (Å²) in [5.41, 5.74) is 0.856. The van der Waals surface area contributed by atoms with Crippen molar-refractivity contribution in [3.8, 4) is 11.5 Å². The van der Waals surface area contributed by atoms with Crippen molar-refractivity contribution in [2.24, 2.45) is 0 Å². The second-order valence-corrected chi connectivity index (χ2v) is 6.63. The van der Waals surface area contributed by atoms with Gasteiger partial charge in [-0.2, -0.15) is 0 Å². The van der Waals surface area contributed by atoms with Crippen LogP contribution in [0.1, 0.15) is 18.9 Å². The second-order valence-electron chi connectivity index (χ2n) is 6.63. The zero-order valence-electron chi connectivity index (χ0n) is 14.7. The number of benzene rings is 2. The molecule has 1 amide bonds. The molecule has 0 saturated carbocycles. The highest BCUT2D eigenvalue weighted by Gasteiger charge is 2.46. The number of amides is 1. The van der Waals surface area contributed by atoms with Crippen molar-refractivity contribution < 1.29 is 14.6 Å². The van der Waals surface area contributed by atoms with Gasteiger partial charge in [-0.05, 0) is 44.0 Å². The van der Waals surface area contributed by atoms with Crippen LogP contribution in [0.2, 0.25) is 0 Å². The quantitative estimate of drug-likeness (QED) is 0.848. The Labute approximate surface area is 148 Å². The van der Waals surface area contributed by atoms with Gasteiger partial charge in [-0.1, -0.05) is 24.3 Å². The molecule has 0 radical (unpaired) electrons. The summed E-state index contributed by atoms with van der Waals surface area (Å²) in [6, 6.07) is 14.8. The number of phenolic OH excluding ortho intramolecular Hbond substituents is 1. The number of para-hydroxylation sites is 1. The fourth-order valence-electron chi connectivity index (χ4n) is 2.96. The number of anilines is 1. The number of likely N-dealkylation sites (tertiary alicyclic amines) is 1. The first kappa shape index (κ1) is 17.3. The normalized spacial score (nSPS) is 19.9. The number of nitrogens with one attached hydrogen (secondary N) is 1. The zero-order valence-corrected chi connectivity index (χ0v) is 14.7. The van der Waals surface area contributed by atoms with E-state index >= 15 is 0 Å². The summed E-state index contributed by atoms with van der Waals surface area (Å²) in [5.74, 6) is 0.968. The monoisotopic (exact) mass is 340 g/mol. The lowest BCUT2D eigenvalue weighted by Crippen LogP contribution is -2.65. The largest absolute Gasteiger partial charge is 0.508 e. The Morgan fingerprint density at radius 3 is 2.68 bits per heavy atom. The third-order valence-electron chi connectivity index (χ3n) is 4.90. The van der Waals surface area contributed by atoms with Gasteiger partial charge < -0.3 is 15.2 Å². The van der Waals surface area contributed by atoms with Gasteiger partial charge in [0.2, 0.25) is 5.91 Å². The maximum absolute atomic E-state index is 12.7. The molecule has 0 aliphatic carbocycles. The molecule has 25 heavy (non-hydrogen) atoms. The first-order chi connectivity index (χ1) is 12.0. The molecule has 3 rings (SSSR count). The summed E-state index contributed by atoms with van der Waals surface area (Å²) in [6.07, 6.45) is 0.808. The van der Waals surface area contributed by atoms with E-state index in [0.29, 0.717) is 18.8 Å². The maximum Gasteiger partial charge on any atom is 0.244 e.